The molecule has 1 aromatic carbocycles. The van der Waals surface area contributed by atoms with Crippen LogP contribution in [0.3, 0.4) is 0 Å². The fourth-order valence-corrected chi connectivity index (χ4v) is 1.37. The molecule has 0 atom stereocenters. The van der Waals surface area contributed by atoms with Gasteiger partial charge in [-0.3, -0.25) is 0 Å². The van der Waals surface area contributed by atoms with Crippen LogP contribution in [-0.4, -0.2) is 6.08 Å². The minimum Gasteiger partial charge on any atom is -0.160 e. The van der Waals surface area contributed by atoms with Crippen LogP contribution < -0.4 is 4.99 Å². The van der Waals surface area contributed by atoms with Crippen molar-refractivity contribution in [3.8, 4) is 0 Å². The van der Waals surface area contributed by atoms with Gasteiger partial charge in [0.15, 0.2) is 5.54 Å². The molecule has 15 heavy (non-hydrogen) atoms. The number of nitrogens with one attached hydrogen (secondary N) is 1. The first-order valence-electron chi connectivity index (χ1n) is 4.88. The number of hydrogen-bond acceptors (Lipinski definition) is 1. The summed E-state index contributed by atoms with van der Waals surface area (Å²) >= 11 is 0. The van der Waals surface area contributed by atoms with Crippen molar-refractivity contribution in [1.29, 1.82) is 0 Å². The SMILES string of the molecule is C=C(C)c1cccc(C(C)(C)[NH+]=C=O)c1. The molecule has 0 amide bonds. The Hall–Kier alpha value is -1.66. The van der Waals surface area contributed by atoms with Crippen molar-refractivity contribution in [1.82, 2.24) is 0 Å². The highest BCUT2D eigenvalue weighted by atomic mass is 16.1. The van der Waals surface area contributed by atoms with Gasteiger partial charge in [0.25, 0.3) is 0 Å². The lowest BCUT2D eigenvalue weighted by molar-refractivity contribution is -0.550. The lowest BCUT2D eigenvalue weighted by Gasteiger charge is -2.13. The number of rotatable bonds is 3. The summed E-state index contributed by atoms with van der Waals surface area (Å²) in [6.45, 7) is 9.74. The Labute approximate surface area is 90.4 Å². The maximum absolute atomic E-state index is 10.4. The molecule has 0 aliphatic carbocycles. The minimum absolute atomic E-state index is 0.396. The zero-order valence-electron chi connectivity index (χ0n) is 9.42. The Balaban J connectivity index is 3.21. The molecule has 0 radical (unpaired) electrons. The Bertz CT molecular complexity index is 426. The molecule has 0 heterocycles. The molecule has 2 heteroatoms. The van der Waals surface area contributed by atoms with Gasteiger partial charge in [0.2, 0.25) is 0 Å². The van der Waals surface area contributed by atoms with Crippen molar-refractivity contribution in [2.24, 2.45) is 0 Å². The van der Waals surface area contributed by atoms with Crippen molar-refractivity contribution in [3.63, 3.8) is 0 Å². The highest BCUT2D eigenvalue weighted by Crippen LogP contribution is 2.19. The van der Waals surface area contributed by atoms with E-state index >= 15 is 0 Å². The van der Waals surface area contributed by atoms with Crippen molar-refractivity contribution >= 4 is 11.7 Å². The second kappa shape index (κ2) is 4.24. The van der Waals surface area contributed by atoms with Crippen molar-refractivity contribution in [2.75, 3.05) is 0 Å². The number of carbonyl (C=O) groups excluding carboxylic acids is 1. The Morgan fingerprint density at radius 3 is 2.67 bits per heavy atom. The van der Waals surface area contributed by atoms with Crippen molar-refractivity contribution in [3.05, 3.63) is 42.0 Å². The molecule has 0 aliphatic rings. The molecule has 0 spiro atoms. The van der Waals surface area contributed by atoms with Gasteiger partial charge in [0.1, 0.15) is 0 Å². The van der Waals surface area contributed by atoms with Gasteiger partial charge in [-0.1, -0.05) is 30.4 Å². The summed E-state index contributed by atoms with van der Waals surface area (Å²) in [6, 6.07) is 7.99. The van der Waals surface area contributed by atoms with Gasteiger partial charge in [-0.2, -0.15) is 9.79 Å². The van der Waals surface area contributed by atoms with Crippen LogP contribution in [0.1, 0.15) is 31.9 Å². The zero-order chi connectivity index (χ0) is 11.5. The van der Waals surface area contributed by atoms with E-state index in [1.807, 2.05) is 45.0 Å². The van der Waals surface area contributed by atoms with Gasteiger partial charge in [0, 0.05) is 19.4 Å². The van der Waals surface area contributed by atoms with Crippen LogP contribution in [0.4, 0.5) is 0 Å². The first kappa shape index (κ1) is 11.4. The molecule has 1 N–H and O–H groups in total. The third-order valence-corrected chi connectivity index (χ3v) is 2.44. The van der Waals surface area contributed by atoms with Gasteiger partial charge < -0.3 is 0 Å². The first-order valence-corrected chi connectivity index (χ1v) is 4.88. The fraction of sp³-hybridized carbons (Fsp3) is 0.308. The second-order valence-corrected chi connectivity index (χ2v) is 4.21. The van der Waals surface area contributed by atoms with Gasteiger partial charge in [0.05, 0.1) is 0 Å². The Kier molecular flexibility index (Phi) is 3.23. The van der Waals surface area contributed by atoms with Crippen LogP contribution in [0.5, 0.6) is 0 Å². The maximum atomic E-state index is 10.4. The van der Waals surface area contributed by atoms with E-state index in [1.165, 1.54) is 0 Å². The average molecular weight is 202 g/mol. The van der Waals surface area contributed by atoms with E-state index in [1.54, 1.807) is 6.08 Å². The number of benzene rings is 1. The monoisotopic (exact) mass is 202 g/mol. The van der Waals surface area contributed by atoms with Crippen molar-refractivity contribution in [2.45, 2.75) is 26.3 Å². The van der Waals surface area contributed by atoms with Gasteiger partial charge >= 0.3 is 6.08 Å². The maximum Gasteiger partial charge on any atom is 0.423 e. The fourth-order valence-electron chi connectivity index (χ4n) is 1.37. The lowest BCUT2D eigenvalue weighted by atomic mass is 9.92. The van der Waals surface area contributed by atoms with Crippen LogP contribution in [0.25, 0.3) is 5.57 Å². The molecule has 0 unspecified atom stereocenters. The summed E-state index contributed by atoms with van der Waals surface area (Å²) in [4.78, 5) is 13.0. The molecule has 1 aromatic rings. The van der Waals surface area contributed by atoms with Crippen LogP contribution in [0.2, 0.25) is 0 Å². The van der Waals surface area contributed by atoms with E-state index in [0.29, 0.717) is 0 Å². The molecule has 0 fully saturated rings. The molecule has 0 aromatic heterocycles. The number of allylic oxidation sites excluding steroid dienone is 1. The predicted molar refractivity (Wildman–Crippen MR) is 60.8 cm³/mol. The third-order valence-electron chi connectivity index (χ3n) is 2.44. The van der Waals surface area contributed by atoms with Gasteiger partial charge in [-0.25, -0.2) is 0 Å². The normalized spacial score (nSPS) is 10.6. The van der Waals surface area contributed by atoms with E-state index in [9.17, 15) is 4.79 Å². The second-order valence-electron chi connectivity index (χ2n) is 4.21. The smallest absolute Gasteiger partial charge is 0.160 e. The largest absolute Gasteiger partial charge is 0.423 e. The van der Waals surface area contributed by atoms with Crippen molar-refractivity contribution < 1.29 is 9.79 Å². The summed E-state index contributed by atoms with van der Waals surface area (Å²) in [7, 11) is 0. The average Bonchev–Trinajstić information content (AvgIpc) is 2.18. The van der Waals surface area contributed by atoms with Crippen LogP contribution in [0, 0.1) is 0 Å². The Morgan fingerprint density at radius 1 is 1.47 bits per heavy atom. The van der Waals surface area contributed by atoms with Crippen LogP contribution in [0.15, 0.2) is 30.8 Å². The van der Waals surface area contributed by atoms with Crippen LogP contribution in [-0.2, 0) is 10.3 Å². The zero-order valence-corrected chi connectivity index (χ0v) is 9.42. The first-order chi connectivity index (χ1) is 6.97. The van der Waals surface area contributed by atoms with E-state index in [2.05, 4.69) is 11.6 Å². The lowest BCUT2D eigenvalue weighted by Crippen LogP contribution is -2.79. The summed E-state index contributed by atoms with van der Waals surface area (Å²) in [5.41, 5.74) is 2.76. The highest BCUT2D eigenvalue weighted by Gasteiger charge is 2.25. The predicted octanol–water partition coefficient (Wildman–Crippen LogP) is 1.37. The topological polar surface area (TPSA) is 31.0 Å². The summed E-state index contributed by atoms with van der Waals surface area (Å²) in [5, 5.41) is 0. The molecule has 0 saturated carbocycles. The summed E-state index contributed by atoms with van der Waals surface area (Å²) in [6.07, 6.45) is 1.73. The summed E-state index contributed by atoms with van der Waals surface area (Å²) < 4.78 is 0. The molecule has 0 aliphatic heterocycles. The van der Waals surface area contributed by atoms with Gasteiger partial charge in [-0.05, 0) is 18.6 Å². The Morgan fingerprint density at radius 2 is 2.13 bits per heavy atom. The molecular weight excluding hydrogens is 186 g/mol. The standard InChI is InChI=1S/C13H15NO/c1-10(2)11-6-5-7-12(8-11)13(3,4)14-9-15/h5-8H,1H2,2-4H3/p+1. The van der Waals surface area contributed by atoms with Crippen LogP contribution >= 0.6 is 0 Å². The van der Waals surface area contributed by atoms with E-state index < -0.39 is 5.54 Å². The number of isocyanates is 1. The molecule has 0 bridgehead atoms. The van der Waals surface area contributed by atoms with Gasteiger partial charge in [-0.15, -0.1) is 0 Å². The highest BCUT2D eigenvalue weighted by molar-refractivity contribution is 5.62. The number of hydrogen-bond donors (Lipinski definition) is 1. The molecular formula is C13H16NO+. The molecule has 1 rings (SSSR count). The quantitative estimate of drug-likeness (QED) is 0.582. The van der Waals surface area contributed by atoms with E-state index in [0.717, 1.165) is 16.7 Å². The molecule has 0 saturated heterocycles. The van der Waals surface area contributed by atoms with E-state index in [-0.39, 0.29) is 0 Å². The summed E-state index contributed by atoms with van der Waals surface area (Å²) in [5.74, 6) is 0. The molecule has 2 nitrogen and oxygen atoms in total. The molecule has 78 valence electrons. The minimum atomic E-state index is -0.396. The van der Waals surface area contributed by atoms with E-state index in [4.69, 9.17) is 0 Å². The third kappa shape index (κ3) is 2.64.